The van der Waals surface area contributed by atoms with Crippen LogP contribution in [-0.2, 0) is 6.54 Å². The highest BCUT2D eigenvalue weighted by Gasteiger charge is 2.14. The molecule has 0 amide bonds. The monoisotopic (exact) mass is 339 g/mol. The van der Waals surface area contributed by atoms with Gasteiger partial charge in [-0.2, -0.15) is 0 Å². The van der Waals surface area contributed by atoms with Gasteiger partial charge in [0.05, 0.1) is 16.0 Å². The van der Waals surface area contributed by atoms with Gasteiger partial charge in [-0.3, -0.25) is 19.7 Å². The fourth-order valence-electron chi connectivity index (χ4n) is 2.56. The molecule has 0 aliphatic heterocycles. The van der Waals surface area contributed by atoms with Gasteiger partial charge in [-0.15, -0.1) is 0 Å². The third-order valence-corrected chi connectivity index (χ3v) is 3.85. The van der Waals surface area contributed by atoms with Crippen LogP contribution in [0.1, 0.15) is 17.2 Å². The fraction of sp³-hybridized carbons (Fsp3) is 0.118. The molecule has 0 aliphatic carbocycles. The van der Waals surface area contributed by atoms with Crippen molar-refractivity contribution in [2.75, 3.05) is 0 Å². The number of fused-ring (bicyclic) bond motifs is 1. The summed E-state index contributed by atoms with van der Waals surface area (Å²) >= 11 is 0. The van der Waals surface area contributed by atoms with Crippen molar-refractivity contribution in [2.45, 2.75) is 12.6 Å². The molecule has 8 nitrogen and oxygen atoms in total. The van der Waals surface area contributed by atoms with E-state index in [9.17, 15) is 19.7 Å². The third kappa shape index (κ3) is 3.48. The Hall–Kier alpha value is -3.26. The minimum Gasteiger partial charge on any atom is -0.316 e. The Kier molecular flexibility index (Phi) is 4.44. The van der Waals surface area contributed by atoms with E-state index in [2.05, 4.69) is 22.2 Å². The molecule has 0 spiro atoms. The predicted octanol–water partition coefficient (Wildman–Crippen LogP) is 1.79. The zero-order valence-corrected chi connectivity index (χ0v) is 13.1. The first kappa shape index (κ1) is 16.6. The molecule has 0 aliphatic rings. The maximum atomic E-state index is 11.6. The number of hydrogen-bond acceptors (Lipinski definition) is 5. The van der Waals surface area contributed by atoms with E-state index in [1.807, 2.05) is 30.3 Å². The molecule has 1 heterocycles. The second kappa shape index (κ2) is 6.70. The van der Waals surface area contributed by atoms with E-state index in [-0.39, 0.29) is 23.8 Å². The van der Waals surface area contributed by atoms with Gasteiger partial charge < -0.3 is 15.3 Å². The van der Waals surface area contributed by atoms with Gasteiger partial charge in [0.25, 0.3) is 5.69 Å². The van der Waals surface area contributed by atoms with Crippen LogP contribution in [0.5, 0.6) is 0 Å². The minimum atomic E-state index is -0.855. The van der Waals surface area contributed by atoms with Crippen LogP contribution < -0.4 is 16.4 Å². The van der Waals surface area contributed by atoms with Crippen molar-refractivity contribution in [2.24, 2.45) is 0 Å². The first-order valence-corrected chi connectivity index (χ1v) is 7.51. The average Bonchev–Trinajstić information content (AvgIpc) is 2.61. The zero-order valence-electron chi connectivity index (χ0n) is 13.1. The first-order valence-electron chi connectivity index (χ1n) is 7.51. The molecule has 1 atom stereocenters. The van der Waals surface area contributed by atoms with Crippen molar-refractivity contribution < 1.29 is 4.92 Å². The molecule has 3 aromatic rings. The highest BCUT2D eigenvalue weighted by Crippen LogP contribution is 2.22. The van der Waals surface area contributed by atoms with Gasteiger partial charge in [0, 0.05) is 24.7 Å². The van der Waals surface area contributed by atoms with Crippen LogP contribution in [0.25, 0.3) is 11.0 Å². The summed E-state index contributed by atoms with van der Waals surface area (Å²) in [5, 5.41) is 14.3. The van der Waals surface area contributed by atoms with Crippen LogP contribution >= 0.6 is 0 Å². The molecule has 3 rings (SSSR count). The second-order valence-electron chi connectivity index (χ2n) is 5.54. The van der Waals surface area contributed by atoms with Gasteiger partial charge in [-0.1, -0.05) is 30.3 Å². The lowest BCUT2D eigenvalue weighted by Crippen LogP contribution is -2.29. The minimum absolute atomic E-state index is 0.174. The molecular formula is C17H15N4O4. The Labute approximate surface area is 141 Å². The smallest absolute Gasteiger partial charge is 0.314 e. The lowest BCUT2D eigenvalue weighted by atomic mass is 10.1. The summed E-state index contributed by atoms with van der Waals surface area (Å²) in [6.07, 6.45) is 0. The molecule has 3 N–H and O–H groups in total. The summed E-state index contributed by atoms with van der Waals surface area (Å²) in [4.78, 5) is 38.5. The summed E-state index contributed by atoms with van der Waals surface area (Å²) < 4.78 is 0. The third-order valence-electron chi connectivity index (χ3n) is 3.85. The highest BCUT2D eigenvalue weighted by atomic mass is 16.6. The number of nitrogens with one attached hydrogen (secondary N) is 3. The van der Waals surface area contributed by atoms with Crippen LogP contribution in [0.2, 0.25) is 0 Å². The van der Waals surface area contributed by atoms with Crippen molar-refractivity contribution in [3.05, 3.63) is 91.3 Å². The van der Waals surface area contributed by atoms with Gasteiger partial charge in [-0.25, -0.2) is 0 Å². The van der Waals surface area contributed by atoms with Gasteiger partial charge in [0.15, 0.2) is 0 Å². The number of hydrogen-bond donors (Lipinski definition) is 3. The van der Waals surface area contributed by atoms with E-state index in [4.69, 9.17) is 0 Å². The number of rotatable bonds is 5. The molecule has 0 saturated heterocycles. The molecule has 25 heavy (non-hydrogen) atoms. The maximum absolute atomic E-state index is 11.6. The van der Waals surface area contributed by atoms with Crippen LogP contribution in [0.4, 0.5) is 5.69 Å². The lowest BCUT2D eigenvalue weighted by molar-refractivity contribution is -0.384. The van der Waals surface area contributed by atoms with E-state index in [1.165, 1.54) is 12.1 Å². The number of non-ortho nitro benzene ring substituents is 1. The lowest BCUT2D eigenvalue weighted by Gasteiger charge is -2.15. The molecule has 1 unspecified atom stereocenters. The van der Waals surface area contributed by atoms with Gasteiger partial charge >= 0.3 is 11.1 Å². The Morgan fingerprint density at radius 3 is 2.48 bits per heavy atom. The van der Waals surface area contributed by atoms with Crippen LogP contribution in [-0.4, -0.2) is 14.9 Å². The Balaban J connectivity index is 1.99. The number of nitrogens with zero attached hydrogens (tertiary/aromatic N) is 1. The number of aromatic nitrogens is 2. The predicted molar refractivity (Wildman–Crippen MR) is 93.2 cm³/mol. The fourth-order valence-corrected chi connectivity index (χ4v) is 2.56. The number of nitro groups is 1. The van der Waals surface area contributed by atoms with Crippen molar-refractivity contribution >= 4 is 16.7 Å². The van der Waals surface area contributed by atoms with Crippen LogP contribution in [0, 0.1) is 17.0 Å². The van der Waals surface area contributed by atoms with Gasteiger partial charge in [-0.05, 0) is 18.1 Å². The van der Waals surface area contributed by atoms with E-state index >= 15 is 0 Å². The Morgan fingerprint density at radius 2 is 1.80 bits per heavy atom. The molecule has 0 fully saturated rings. The van der Waals surface area contributed by atoms with E-state index in [0.29, 0.717) is 11.1 Å². The van der Waals surface area contributed by atoms with E-state index < -0.39 is 16.0 Å². The van der Waals surface area contributed by atoms with Crippen LogP contribution in [0.3, 0.4) is 0 Å². The van der Waals surface area contributed by atoms with Gasteiger partial charge in [0.1, 0.15) is 0 Å². The summed E-state index contributed by atoms with van der Waals surface area (Å²) in [5.41, 5.74) is 0.163. The first-order chi connectivity index (χ1) is 12.0. The Bertz CT molecular complexity index is 1040. The molecular weight excluding hydrogens is 324 g/mol. The molecule has 2 aromatic carbocycles. The summed E-state index contributed by atoms with van der Waals surface area (Å²) in [7, 11) is 0. The quantitative estimate of drug-likeness (QED) is 0.372. The summed E-state index contributed by atoms with van der Waals surface area (Å²) in [6.45, 7) is 4.24. The topological polar surface area (TPSA) is 121 Å². The normalized spacial score (nSPS) is 12.2. The molecule has 1 radical (unpaired) electrons. The summed E-state index contributed by atoms with van der Waals surface area (Å²) in [6, 6.07) is 11.8. The average molecular weight is 339 g/mol. The highest BCUT2D eigenvalue weighted by molar-refractivity contribution is 5.80. The zero-order chi connectivity index (χ0) is 18.0. The van der Waals surface area contributed by atoms with E-state index in [1.54, 1.807) is 0 Å². The molecule has 1 aromatic heterocycles. The molecule has 0 saturated carbocycles. The van der Waals surface area contributed by atoms with E-state index in [0.717, 1.165) is 5.56 Å². The largest absolute Gasteiger partial charge is 0.316 e. The van der Waals surface area contributed by atoms with Crippen LogP contribution in [0.15, 0.2) is 52.1 Å². The SMILES string of the molecule is [CH2]C(NCc1cc([N+](=O)[O-])cc2[nH]c(=O)c(=O)[nH]c12)c1ccccc1. The van der Waals surface area contributed by atoms with Crippen molar-refractivity contribution in [1.29, 1.82) is 0 Å². The number of nitro benzene ring substituents is 1. The Morgan fingerprint density at radius 1 is 1.12 bits per heavy atom. The van der Waals surface area contributed by atoms with Crippen molar-refractivity contribution in [3.63, 3.8) is 0 Å². The number of aromatic amines is 2. The standard InChI is InChI=1S/C17H15N4O4/c1-10(11-5-3-2-4-6-11)18-9-12-7-13(21(24)25)8-14-15(12)20-17(23)16(22)19-14/h2-8,10,18H,1,9H2,(H,19,22)(H,20,23). The maximum Gasteiger partial charge on any atom is 0.314 e. The van der Waals surface area contributed by atoms with Gasteiger partial charge in [0.2, 0.25) is 0 Å². The molecule has 8 heteroatoms. The molecule has 127 valence electrons. The second-order valence-corrected chi connectivity index (χ2v) is 5.54. The van der Waals surface area contributed by atoms with Crippen molar-refractivity contribution in [3.8, 4) is 0 Å². The number of benzene rings is 2. The molecule has 0 bridgehead atoms. The summed E-state index contributed by atoms with van der Waals surface area (Å²) in [5.74, 6) is 0. The number of H-pyrrole nitrogens is 2. The van der Waals surface area contributed by atoms with Crippen molar-refractivity contribution in [1.82, 2.24) is 15.3 Å².